The van der Waals surface area contributed by atoms with Crippen LogP contribution in [-0.4, -0.2) is 22.0 Å². The van der Waals surface area contributed by atoms with Gasteiger partial charge in [0.25, 0.3) is 0 Å². The van der Waals surface area contributed by atoms with E-state index in [0.29, 0.717) is 16.5 Å². The molecule has 2 aromatic carbocycles. The van der Waals surface area contributed by atoms with Crippen LogP contribution >= 0.6 is 0 Å². The van der Waals surface area contributed by atoms with Gasteiger partial charge in [-0.25, -0.2) is 4.79 Å². The lowest BCUT2D eigenvalue weighted by molar-refractivity contribution is -0.132. The molecule has 0 heterocycles. The Bertz CT molecular complexity index is 735. The molecule has 4 nitrogen and oxygen atoms in total. The minimum absolute atomic E-state index is 0.318. The second-order valence-corrected chi connectivity index (χ2v) is 4.07. The number of carbonyl (C=O) groups is 2. The lowest BCUT2D eigenvalue weighted by Gasteiger charge is -2.17. The van der Waals surface area contributed by atoms with Gasteiger partial charge in [0.2, 0.25) is 5.78 Å². The smallest absolute Gasteiger partial charge is 0.343 e. The van der Waals surface area contributed by atoms with E-state index in [9.17, 15) is 14.7 Å². The van der Waals surface area contributed by atoms with E-state index in [-0.39, 0.29) is 0 Å². The Morgan fingerprint density at radius 3 is 2.22 bits per heavy atom. The number of carbonyl (C=O) groups excluding carboxylic acids is 1. The van der Waals surface area contributed by atoms with Gasteiger partial charge >= 0.3 is 5.97 Å². The van der Waals surface area contributed by atoms with Crippen LogP contribution in [0.1, 0.15) is 15.9 Å². The molecular weight excluding hydrogens is 232 g/mol. The predicted octanol–water partition coefficient (Wildman–Crippen LogP) is 2.39. The Morgan fingerprint density at radius 2 is 1.61 bits per heavy atom. The molecule has 0 radical (unpaired) electrons. The molecule has 0 amide bonds. The molecule has 0 aromatic heterocycles. The minimum Gasteiger partial charge on any atom is -0.506 e. The summed E-state index contributed by atoms with van der Waals surface area (Å²) >= 11 is 0. The number of aliphatic carboxylic acids is 1. The third kappa shape index (κ3) is 1.20. The topological polar surface area (TPSA) is 74.6 Å². The van der Waals surface area contributed by atoms with Crippen molar-refractivity contribution in [1.82, 2.24) is 0 Å². The van der Waals surface area contributed by atoms with Crippen molar-refractivity contribution >= 4 is 28.3 Å². The van der Waals surface area contributed by atoms with Crippen molar-refractivity contribution in [2.24, 2.45) is 0 Å². The van der Waals surface area contributed by atoms with E-state index in [1.807, 2.05) is 12.1 Å². The maximum absolute atomic E-state index is 12.1. The maximum Gasteiger partial charge on any atom is 0.343 e. The molecule has 0 spiro atoms. The lowest BCUT2D eigenvalue weighted by atomic mass is 9.87. The van der Waals surface area contributed by atoms with Crippen molar-refractivity contribution in [3.63, 3.8) is 0 Å². The Labute approximate surface area is 102 Å². The van der Waals surface area contributed by atoms with Gasteiger partial charge in [0.05, 0.1) is 0 Å². The number of carboxylic acid groups (broad SMARTS) is 1. The van der Waals surface area contributed by atoms with Gasteiger partial charge in [-0.3, -0.25) is 4.79 Å². The molecule has 0 atom stereocenters. The highest BCUT2D eigenvalue weighted by Gasteiger charge is 2.31. The van der Waals surface area contributed by atoms with Gasteiger partial charge in [0.1, 0.15) is 11.3 Å². The number of aliphatic hydroxyl groups is 1. The van der Waals surface area contributed by atoms with Crippen molar-refractivity contribution in [1.29, 1.82) is 0 Å². The molecule has 4 heteroatoms. The minimum atomic E-state index is -1.41. The first-order chi connectivity index (χ1) is 8.61. The second kappa shape index (κ2) is 3.43. The normalized spacial score (nSPS) is 14.1. The van der Waals surface area contributed by atoms with E-state index in [1.165, 1.54) is 0 Å². The molecule has 1 aliphatic rings. The number of benzene rings is 2. The summed E-state index contributed by atoms with van der Waals surface area (Å²) in [6.07, 6.45) is 0. The number of ketones is 1. The quantitative estimate of drug-likeness (QED) is 0.750. The number of carboxylic acids is 1. The van der Waals surface area contributed by atoms with Gasteiger partial charge in [-0.1, -0.05) is 36.4 Å². The highest BCUT2D eigenvalue weighted by molar-refractivity contribution is 6.33. The van der Waals surface area contributed by atoms with E-state index < -0.39 is 23.1 Å². The van der Waals surface area contributed by atoms with Crippen LogP contribution in [0.3, 0.4) is 0 Å². The van der Waals surface area contributed by atoms with Crippen molar-refractivity contribution in [2.45, 2.75) is 0 Å². The van der Waals surface area contributed by atoms with Crippen LogP contribution in [-0.2, 0) is 4.79 Å². The molecule has 0 fully saturated rings. The number of rotatable bonds is 1. The SMILES string of the molecule is O=C(O)C1=C(O)c2cccc3cccc(c23)C1=O. The van der Waals surface area contributed by atoms with Crippen LogP contribution in [0.5, 0.6) is 0 Å². The summed E-state index contributed by atoms with van der Waals surface area (Å²) in [7, 11) is 0. The fourth-order valence-corrected chi connectivity index (χ4v) is 2.30. The van der Waals surface area contributed by atoms with E-state index in [4.69, 9.17) is 5.11 Å². The Kier molecular flexibility index (Phi) is 2.01. The monoisotopic (exact) mass is 240 g/mol. The van der Waals surface area contributed by atoms with Crippen molar-refractivity contribution < 1.29 is 19.8 Å². The molecule has 0 saturated carbocycles. The fourth-order valence-electron chi connectivity index (χ4n) is 2.30. The van der Waals surface area contributed by atoms with Crippen LogP contribution in [0, 0.1) is 0 Å². The van der Waals surface area contributed by atoms with Gasteiger partial charge in [0.15, 0.2) is 0 Å². The summed E-state index contributed by atoms with van der Waals surface area (Å²) in [6.45, 7) is 0. The van der Waals surface area contributed by atoms with Crippen molar-refractivity contribution in [2.75, 3.05) is 0 Å². The molecule has 2 N–H and O–H groups in total. The highest BCUT2D eigenvalue weighted by atomic mass is 16.4. The summed E-state index contributed by atoms with van der Waals surface area (Å²) in [5.74, 6) is -2.52. The molecule has 2 aromatic rings. The molecule has 0 saturated heterocycles. The molecule has 18 heavy (non-hydrogen) atoms. The van der Waals surface area contributed by atoms with Gasteiger partial charge in [-0.15, -0.1) is 0 Å². The van der Waals surface area contributed by atoms with Crippen LogP contribution in [0.25, 0.3) is 16.5 Å². The standard InChI is InChI=1S/C14H8O4/c15-12-8-5-1-3-7-4-2-6-9(10(7)8)13(16)11(12)14(17)18/h1-6,15H,(H,17,18). The summed E-state index contributed by atoms with van der Waals surface area (Å²) in [6, 6.07) is 10.2. The predicted molar refractivity (Wildman–Crippen MR) is 65.5 cm³/mol. The van der Waals surface area contributed by atoms with Crippen LogP contribution in [0.15, 0.2) is 42.0 Å². The van der Waals surface area contributed by atoms with Crippen molar-refractivity contribution in [3.05, 3.63) is 53.1 Å². The number of Topliss-reactive ketones (excluding diaryl/α,β-unsaturated/α-hetero) is 1. The molecule has 0 unspecified atom stereocenters. The second-order valence-electron chi connectivity index (χ2n) is 4.07. The van der Waals surface area contributed by atoms with E-state index in [2.05, 4.69) is 0 Å². The van der Waals surface area contributed by atoms with Gasteiger partial charge in [-0.2, -0.15) is 0 Å². The van der Waals surface area contributed by atoms with Crippen LogP contribution in [0.2, 0.25) is 0 Å². The Balaban J connectivity index is 2.51. The number of hydrogen-bond acceptors (Lipinski definition) is 3. The summed E-state index contributed by atoms with van der Waals surface area (Å²) in [5.41, 5.74) is 0.139. The fraction of sp³-hybridized carbons (Fsp3) is 0. The summed E-state index contributed by atoms with van der Waals surface area (Å²) in [4.78, 5) is 23.1. The Hall–Kier alpha value is -2.62. The third-order valence-corrected chi connectivity index (χ3v) is 3.08. The van der Waals surface area contributed by atoms with Crippen molar-refractivity contribution in [3.8, 4) is 0 Å². The molecule has 88 valence electrons. The average molecular weight is 240 g/mol. The first kappa shape index (κ1) is 10.5. The van der Waals surface area contributed by atoms with Crippen LogP contribution < -0.4 is 0 Å². The molecule has 0 bridgehead atoms. The zero-order chi connectivity index (χ0) is 12.9. The largest absolute Gasteiger partial charge is 0.506 e. The average Bonchev–Trinajstić information content (AvgIpc) is 2.35. The van der Waals surface area contributed by atoms with E-state index >= 15 is 0 Å². The molecule has 1 aliphatic carbocycles. The maximum atomic E-state index is 12.1. The van der Waals surface area contributed by atoms with Crippen LogP contribution in [0.4, 0.5) is 0 Å². The number of hydrogen-bond donors (Lipinski definition) is 2. The summed E-state index contributed by atoms with van der Waals surface area (Å²) in [5, 5.41) is 20.4. The third-order valence-electron chi connectivity index (χ3n) is 3.08. The summed E-state index contributed by atoms with van der Waals surface area (Å²) < 4.78 is 0. The molecular formula is C14H8O4. The van der Waals surface area contributed by atoms with E-state index in [1.54, 1.807) is 24.3 Å². The zero-order valence-electron chi connectivity index (χ0n) is 9.18. The van der Waals surface area contributed by atoms with Gasteiger partial charge < -0.3 is 10.2 Å². The van der Waals surface area contributed by atoms with Gasteiger partial charge in [0, 0.05) is 16.5 Å². The lowest BCUT2D eigenvalue weighted by Crippen LogP contribution is -2.19. The first-order valence-corrected chi connectivity index (χ1v) is 5.34. The molecule has 0 aliphatic heterocycles. The molecule has 3 rings (SSSR count). The highest BCUT2D eigenvalue weighted by Crippen LogP contribution is 2.34. The first-order valence-electron chi connectivity index (χ1n) is 5.34. The van der Waals surface area contributed by atoms with Gasteiger partial charge in [-0.05, 0) is 5.39 Å². The zero-order valence-corrected chi connectivity index (χ0v) is 9.18. The Morgan fingerprint density at radius 1 is 1.00 bits per heavy atom. The van der Waals surface area contributed by atoms with E-state index in [0.717, 1.165) is 5.39 Å². The number of aliphatic hydroxyl groups excluding tert-OH is 1.